The van der Waals surface area contributed by atoms with Crippen LogP contribution in [0.15, 0.2) is 42.5 Å². The summed E-state index contributed by atoms with van der Waals surface area (Å²) in [5.41, 5.74) is 2.07. The third-order valence-corrected chi connectivity index (χ3v) is 4.60. The van der Waals surface area contributed by atoms with Crippen LogP contribution in [-0.2, 0) is 17.8 Å². The number of benzene rings is 2. The van der Waals surface area contributed by atoms with Crippen molar-refractivity contribution in [3.05, 3.63) is 59.4 Å². The van der Waals surface area contributed by atoms with Gasteiger partial charge in [0.15, 0.2) is 11.5 Å². The normalized spacial score (nSPS) is 15.0. The first-order valence-corrected chi connectivity index (χ1v) is 9.09. The molecule has 4 nitrogen and oxygen atoms in total. The molecule has 0 N–H and O–H groups in total. The zero-order chi connectivity index (χ0) is 18.2. The summed E-state index contributed by atoms with van der Waals surface area (Å²) in [5.74, 6) is 1.27. The van der Waals surface area contributed by atoms with Crippen molar-refractivity contribution < 1.29 is 18.6 Å². The third-order valence-electron chi connectivity index (χ3n) is 4.60. The molecule has 1 fully saturated rings. The summed E-state index contributed by atoms with van der Waals surface area (Å²) in [6.07, 6.45) is 1.98. The van der Waals surface area contributed by atoms with Crippen LogP contribution in [0.25, 0.3) is 0 Å². The van der Waals surface area contributed by atoms with Gasteiger partial charge in [-0.1, -0.05) is 24.3 Å². The fourth-order valence-corrected chi connectivity index (χ4v) is 3.14. The topological polar surface area (TPSA) is 30.9 Å². The minimum absolute atomic E-state index is 0.241. The summed E-state index contributed by atoms with van der Waals surface area (Å²) in [6, 6.07) is 12.4. The van der Waals surface area contributed by atoms with E-state index in [1.54, 1.807) is 19.2 Å². The summed E-state index contributed by atoms with van der Waals surface area (Å²) >= 11 is 0. The van der Waals surface area contributed by atoms with E-state index in [1.807, 2.05) is 12.1 Å². The maximum atomic E-state index is 13.1. The van der Waals surface area contributed by atoms with Gasteiger partial charge in [-0.05, 0) is 48.7 Å². The number of hydrogen-bond donors (Lipinski definition) is 0. The predicted octanol–water partition coefficient (Wildman–Crippen LogP) is 3.68. The van der Waals surface area contributed by atoms with Crippen LogP contribution in [0.5, 0.6) is 11.5 Å². The van der Waals surface area contributed by atoms with E-state index >= 15 is 0 Å². The fraction of sp³-hybridized carbons (Fsp3) is 0.429. The van der Waals surface area contributed by atoms with Crippen LogP contribution in [-0.4, -0.2) is 44.9 Å². The highest BCUT2D eigenvalue weighted by atomic mass is 19.1. The lowest BCUT2D eigenvalue weighted by atomic mass is 10.1. The zero-order valence-corrected chi connectivity index (χ0v) is 15.2. The van der Waals surface area contributed by atoms with Gasteiger partial charge in [0.25, 0.3) is 0 Å². The number of ether oxygens (including phenoxy) is 3. The maximum Gasteiger partial charge on any atom is 0.164 e. The zero-order valence-electron chi connectivity index (χ0n) is 15.2. The van der Waals surface area contributed by atoms with Crippen molar-refractivity contribution in [1.82, 2.24) is 4.90 Å². The number of aryl methyl sites for hydroxylation is 1. The lowest BCUT2D eigenvalue weighted by Crippen LogP contribution is -2.36. The number of nitrogens with zero attached hydrogens (tertiary/aromatic N) is 1. The molecule has 1 aliphatic rings. The number of halogens is 1. The molecule has 1 heterocycles. The van der Waals surface area contributed by atoms with Gasteiger partial charge < -0.3 is 14.2 Å². The van der Waals surface area contributed by atoms with E-state index in [0.29, 0.717) is 6.61 Å². The quantitative estimate of drug-likeness (QED) is 0.719. The highest BCUT2D eigenvalue weighted by molar-refractivity contribution is 5.46. The average molecular weight is 359 g/mol. The molecule has 0 saturated carbocycles. The van der Waals surface area contributed by atoms with Gasteiger partial charge in [0.05, 0.1) is 20.3 Å². The minimum Gasteiger partial charge on any atom is -0.493 e. The number of methoxy groups -OCH3 is 1. The maximum absolute atomic E-state index is 13.1. The molecule has 0 unspecified atom stereocenters. The second-order valence-corrected chi connectivity index (χ2v) is 6.42. The Morgan fingerprint density at radius 3 is 2.58 bits per heavy atom. The first kappa shape index (κ1) is 18.7. The molecule has 2 aromatic carbocycles. The van der Waals surface area contributed by atoms with Gasteiger partial charge in [0.1, 0.15) is 12.4 Å². The molecule has 2 aromatic rings. The van der Waals surface area contributed by atoms with Gasteiger partial charge in [-0.25, -0.2) is 4.39 Å². The Morgan fingerprint density at radius 2 is 1.85 bits per heavy atom. The molecule has 0 aromatic heterocycles. The van der Waals surface area contributed by atoms with Gasteiger partial charge in [-0.3, -0.25) is 4.90 Å². The number of rotatable bonds is 8. The lowest BCUT2D eigenvalue weighted by molar-refractivity contribution is 0.0374. The predicted molar refractivity (Wildman–Crippen MR) is 99.3 cm³/mol. The fourth-order valence-electron chi connectivity index (χ4n) is 3.14. The molecule has 5 heteroatoms. The standard InChI is InChI=1S/C21H26FNO3/c1-24-20-6-2-4-18(5-3-11-23-12-14-25-15-13-23)21(20)26-16-17-7-9-19(22)10-8-17/h2,4,6-10H,3,5,11-16H2,1H3. The van der Waals surface area contributed by atoms with Crippen molar-refractivity contribution in [1.29, 1.82) is 0 Å². The Balaban J connectivity index is 1.62. The van der Waals surface area contributed by atoms with Crippen LogP contribution >= 0.6 is 0 Å². The Kier molecular flexibility index (Phi) is 6.86. The Labute approximate surface area is 154 Å². The highest BCUT2D eigenvalue weighted by Gasteiger charge is 2.13. The molecular weight excluding hydrogens is 333 g/mol. The minimum atomic E-state index is -0.241. The van der Waals surface area contributed by atoms with Gasteiger partial charge >= 0.3 is 0 Å². The van der Waals surface area contributed by atoms with E-state index in [2.05, 4.69) is 11.0 Å². The summed E-state index contributed by atoms with van der Waals surface area (Å²) in [6.45, 7) is 5.10. The van der Waals surface area contributed by atoms with E-state index in [-0.39, 0.29) is 5.82 Å². The SMILES string of the molecule is COc1cccc(CCCN2CCOCC2)c1OCc1ccc(F)cc1. The van der Waals surface area contributed by atoms with Gasteiger partial charge in [0.2, 0.25) is 0 Å². The smallest absolute Gasteiger partial charge is 0.164 e. The number of morpholine rings is 1. The van der Waals surface area contributed by atoms with Gasteiger partial charge in [-0.2, -0.15) is 0 Å². The third kappa shape index (κ3) is 5.19. The molecule has 0 radical (unpaired) electrons. The molecule has 0 atom stereocenters. The highest BCUT2D eigenvalue weighted by Crippen LogP contribution is 2.32. The number of para-hydroxylation sites is 1. The Hall–Kier alpha value is -2.11. The molecule has 0 amide bonds. The summed E-state index contributed by atoms with van der Waals surface area (Å²) < 4.78 is 30.0. The van der Waals surface area contributed by atoms with Crippen LogP contribution in [0.2, 0.25) is 0 Å². The van der Waals surface area contributed by atoms with Gasteiger partial charge in [-0.15, -0.1) is 0 Å². The number of hydrogen-bond acceptors (Lipinski definition) is 4. The first-order chi connectivity index (χ1) is 12.8. The van der Waals surface area contributed by atoms with E-state index in [4.69, 9.17) is 14.2 Å². The summed E-state index contributed by atoms with van der Waals surface area (Å²) in [7, 11) is 1.65. The van der Waals surface area contributed by atoms with E-state index < -0.39 is 0 Å². The van der Waals surface area contributed by atoms with Crippen LogP contribution < -0.4 is 9.47 Å². The molecule has 0 aliphatic carbocycles. The lowest BCUT2D eigenvalue weighted by Gasteiger charge is -2.26. The molecule has 1 aliphatic heterocycles. The first-order valence-electron chi connectivity index (χ1n) is 9.09. The van der Waals surface area contributed by atoms with E-state index in [1.165, 1.54) is 12.1 Å². The van der Waals surface area contributed by atoms with Crippen LogP contribution in [0.4, 0.5) is 4.39 Å². The molecule has 140 valence electrons. The van der Waals surface area contributed by atoms with E-state index in [0.717, 1.165) is 68.3 Å². The molecule has 26 heavy (non-hydrogen) atoms. The average Bonchev–Trinajstić information content (AvgIpc) is 2.69. The van der Waals surface area contributed by atoms with Crippen molar-refractivity contribution in [2.24, 2.45) is 0 Å². The molecule has 0 spiro atoms. The van der Waals surface area contributed by atoms with E-state index in [9.17, 15) is 4.39 Å². The van der Waals surface area contributed by atoms with Crippen LogP contribution in [0.1, 0.15) is 17.5 Å². The Bertz CT molecular complexity index is 684. The monoisotopic (exact) mass is 359 g/mol. The Morgan fingerprint density at radius 1 is 1.08 bits per heavy atom. The van der Waals surface area contributed by atoms with Gasteiger partial charge in [0, 0.05) is 13.1 Å². The largest absolute Gasteiger partial charge is 0.493 e. The van der Waals surface area contributed by atoms with Crippen molar-refractivity contribution >= 4 is 0 Å². The van der Waals surface area contributed by atoms with Crippen molar-refractivity contribution in [3.63, 3.8) is 0 Å². The summed E-state index contributed by atoms with van der Waals surface area (Å²) in [4.78, 5) is 2.43. The van der Waals surface area contributed by atoms with Crippen molar-refractivity contribution in [3.8, 4) is 11.5 Å². The summed E-state index contributed by atoms with van der Waals surface area (Å²) in [5, 5.41) is 0. The molecule has 3 rings (SSSR count). The van der Waals surface area contributed by atoms with Crippen molar-refractivity contribution in [2.45, 2.75) is 19.4 Å². The van der Waals surface area contributed by atoms with Crippen LogP contribution in [0.3, 0.4) is 0 Å². The molecule has 1 saturated heterocycles. The molecular formula is C21H26FNO3. The molecule has 0 bridgehead atoms. The van der Waals surface area contributed by atoms with Crippen LogP contribution in [0, 0.1) is 5.82 Å². The second-order valence-electron chi connectivity index (χ2n) is 6.42. The van der Waals surface area contributed by atoms with Crippen molar-refractivity contribution in [2.75, 3.05) is 40.0 Å². The second kappa shape index (κ2) is 9.55.